The SMILES string of the molecule is Cc1cc(S(N)(=O)=O)sn1. The summed E-state index contributed by atoms with van der Waals surface area (Å²) < 4.78 is 25.1. The van der Waals surface area contributed by atoms with Crippen molar-refractivity contribution < 1.29 is 8.42 Å². The molecular formula is C4H6N2O2S2. The van der Waals surface area contributed by atoms with Crippen molar-refractivity contribution in [2.75, 3.05) is 0 Å². The first-order chi connectivity index (χ1) is 4.50. The lowest BCUT2D eigenvalue weighted by Crippen LogP contribution is -2.09. The van der Waals surface area contributed by atoms with Crippen LogP contribution in [0.5, 0.6) is 0 Å². The van der Waals surface area contributed by atoms with Gasteiger partial charge in [0.25, 0.3) is 0 Å². The largest absolute Gasteiger partial charge is 0.249 e. The molecule has 10 heavy (non-hydrogen) atoms. The third-order valence-corrected chi connectivity index (χ3v) is 3.16. The first-order valence-corrected chi connectivity index (χ1v) is 4.78. The highest BCUT2D eigenvalue weighted by atomic mass is 32.2. The van der Waals surface area contributed by atoms with Crippen molar-refractivity contribution in [2.24, 2.45) is 5.14 Å². The average molecular weight is 178 g/mol. The number of rotatable bonds is 1. The van der Waals surface area contributed by atoms with E-state index >= 15 is 0 Å². The van der Waals surface area contributed by atoms with E-state index in [2.05, 4.69) is 4.37 Å². The number of hydrogen-bond acceptors (Lipinski definition) is 4. The zero-order valence-electron chi connectivity index (χ0n) is 5.23. The first kappa shape index (κ1) is 7.64. The number of nitrogens with zero attached hydrogens (tertiary/aromatic N) is 1. The van der Waals surface area contributed by atoms with Crippen molar-refractivity contribution in [1.82, 2.24) is 4.37 Å². The minimum atomic E-state index is -3.53. The third-order valence-electron chi connectivity index (χ3n) is 0.887. The third kappa shape index (κ3) is 1.53. The van der Waals surface area contributed by atoms with Crippen LogP contribution in [-0.2, 0) is 10.0 Å². The lowest BCUT2D eigenvalue weighted by Gasteiger charge is -1.85. The van der Waals surface area contributed by atoms with Gasteiger partial charge in [-0.25, -0.2) is 13.6 Å². The second kappa shape index (κ2) is 2.30. The fourth-order valence-corrected chi connectivity index (χ4v) is 1.85. The molecule has 0 radical (unpaired) electrons. The fraction of sp³-hybridized carbons (Fsp3) is 0.250. The standard InChI is InChI=1S/C4H6N2O2S2/c1-3-2-4(9-6-3)10(5,7)8/h2H,1H3,(H2,5,7,8). The molecule has 0 unspecified atom stereocenters. The maximum absolute atomic E-state index is 10.6. The maximum atomic E-state index is 10.6. The molecule has 0 fully saturated rings. The normalized spacial score (nSPS) is 11.8. The van der Waals surface area contributed by atoms with Crippen molar-refractivity contribution in [3.05, 3.63) is 11.8 Å². The Morgan fingerprint density at radius 2 is 2.30 bits per heavy atom. The zero-order valence-corrected chi connectivity index (χ0v) is 6.87. The Morgan fingerprint density at radius 3 is 2.50 bits per heavy atom. The van der Waals surface area contributed by atoms with E-state index in [4.69, 9.17) is 5.14 Å². The summed E-state index contributed by atoms with van der Waals surface area (Å²) in [7, 11) is -3.53. The molecule has 0 aromatic carbocycles. The number of nitrogens with two attached hydrogens (primary N) is 1. The molecule has 1 heterocycles. The van der Waals surface area contributed by atoms with E-state index in [1.807, 2.05) is 0 Å². The molecule has 1 rings (SSSR count). The minimum Gasteiger partial charge on any atom is -0.224 e. The van der Waals surface area contributed by atoms with Gasteiger partial charge >= 0.3 is 0 Å². The van der Waals surface area contributed by atoms with Crippen molar-refractivity contribution >= 4 is 21.6 Å². The Morgan fingerprint density at radius 1 is 1.70 bits per heavy atom. The van der Waals surface area contributed by atoms with Gasteiger partial charge in [0.05, 0.1) is 5.69 Å². The van der Waals surface area contributed by atoms with Crippen LogP contribution in [0.4, 0.5) is 0 Å². The minimum absolute atomic E-state index is 0.116. The molecule has 1 aromatic rings. The summed E-state index contributed by atoms with van der Waals surface area (Å²) in [4.78, 5) is 0. The van der Waals surface area contributed by atoms with Gasteiger partial charge in [0.15, 0.2) is 4.21 Å². The van der Waals surface area contributed by atoms with Crippen molar-refractivity contribution in [3.63, 3.8) is 0 Å². The topological polar surface area (TPSA) is 73.1 Å². The van der Waals surface area contributed by atoms with Gasteiger partial charge in [-0.05, 0) is 24.5 Å². The number of aromatic nitrogens is 1. The van der Waals surface area contributed by atoms with Gasteiger partial charge < -0.3 is 0 Å². The van der Waals surface area contributed by atoms with Gasteiger partial charge in [-0.2, -0.15) is 4.37 Å². The summed E-state index contributed by atoms with van der Waals surface area (Å²) in [6.07, 6.45) is 0. The smallest absolute Gasteiger partial charge is 0.224 e. The molecule has 0 atom stereocenters. The predicted molar refractivity (Wildman–Crippen MR) is 38.2 cm³/mol. The van der Waals surface area contributed by atoms with Crippen molar-refractivity contribution in [3.8, 4) is 0 Å². The second-order valence-corrected chi connectivity index (χ2v) is 4.43. The molecule has 1 aromatic heterocycles. The molecule has 0 spiro atoms. The summed E-state index contributed by atoms with van der Waals surface area (Å²) in [6.45, 7) is 1.71. The van der Waals surface area contributed by atoms with Crippen LogP contribution in [0, 0.1) is 6.92 Å². The Kier molecular flexibility index (Phi) is 1.76. The quantitative estimate of drug-likeness (QED) is 0.662. The van der Waals surface area contributed by atoms with Gasteiger partial charge in [-0.3, -0.25) is 0 Å². The van der Waals surface area contributed by atoms with E-state index in [0.29, 0.717) is 5.69 Å². The molecule has 6 heteroatoms. The summed E-state index contributed by atoms with van der Waals surface area (Å²) >= 11 is 0.894. The lowest BCUT2D eigenvalue weighted by atomic mass is 10.5. The van der Waals surface area contributed by atoms with Crippen LogP contribution in [0.2, 0.25) is 0 Å². The van der Waals surface area contributed by atoms with E-state index in [9.17, 15) is 8.42 Å². The molecule has 0 bridgehead atoms. The van der Waals surface area contributed by atoms with Gasteiger partial charge in [-0.1, -0.05) is 0 Å². The summed E-state index contributed by atoms with van der Waals surface area (Å²) in [5, 5.41) is 4.81. The van der Waals surface area contributed by atoms with Gasteiger partial charge in [-0.15, -0.1) is 0 Å². The van der Waals surface area contributed by atoms with E-state index < -0.39 is 10.0 Å². The highest BCUT2D eigenvalue weighted by Gasteiger charge is 2.09. The first-order valence-electron chi connectivity index (χ1n) is 2.46. The Labute approximate surface area is 62.9 Å². The van der Waals surface area contributed by atoms with E-state index in [1.54, 1.807) is 6.92 Å². The second-order valence-electron chi connectivity index (χ2n) is 1.83. The van der Waals surface area contributed by atoms with E-state index in [0.717, 1.165) is 11.5 Å². The molecule has 0 amide bonds. The van der Waals surface area contributed by atoms with Crippen LogP contribution < -0.4 is 5.14 Å². The number of primary sulfonamides is 1. The highest BCUT2D eigenvalue weighted by Crippen LogP contribution is 2.13. The van der Waals surface area contributed by atoms with Crippen LogP contribution in [0.3, 0.4) is 0 Å². The predicted octanol–water partition coefficient (Wildman–Crippen LogP) is 0.0989. The van der Waals surface area contributed by atoms with Crippen molar-refractivity contribution in [1.29, 1.82) is 0 Å². The summed E-state index contributed by atoms with van der Waals surface area (Å²) in [5.74, 6) is 0. The van der Waals surface area contributed by atoms with Crippen LogP contribution >= 0.6 is 11.5 Å². The van der Waals surface area contributed by atoms with Crippen LogP contribution in [0.1, 0.15) is 5.69 Å². The van der Waals surface area contributed by atoms with Gasteiger partial charge in [0, 0.05) is 0 Å². The molecule has 0 saturated carbocycles. The molecular weight excluding hydrogens is 172 g/mol. The number of sulfonamides is 1. The molecule has 0 aliphatic rings. The number of hydrogen-bond donors (Lipinski definition) is 1. The fourth-order valence-electron chi connectivity index (χ4n) is 0.474. The highest BCUT2D eigenvalue weighted by molar-refractivity contribution is 7.91. The van der Waals surface area contributed by atoms with Crippen molar-refractivity contribution in [2.45, 2.75) is 11.1 Å². The molecule has 0 aliphatic carbocycles. The molecule has 4 nitrogen and oxygen atoms in total. The maximum Gasteiger partial charge on any atom is 0.249 e. The molecule has 0 aliphatic heterocycles. The number of aryl methyl sites for hydroxylation is 1. The zero-order chi connectivity index (χ0) is 7.78. The Balaban J connectivity index is 3.21. The van der Waals surface area contributed by atoms with Gasteiger partial charge in [0.2, 0.25) is 10.0 Å². The monoisotopic (exact) mass is 178 g/mol. The van der Waals surface area contributed by atoms with Crippen LogP contribution in [-0.4, -0.2) is 12.8 Å². The molecule has 0 saturated heterocycles. The Bertz CT molecular complexity index is 327. The van der Waals surface area contributed by atoms with Crippen LogP contribution in [0.15, 0.2) is 10.3 Å². The van der Waals surface area contributed by atoms with E-state index in [-0.39, 0.29) is 4.21 Å². The molecule has 56 valence electrons. The lowest BCUT2D eigenvalue weighted by molar-refractivity contribution is 0.599. The average Bonchev–Trinajstić information content (AvgIpc) is 2.11. The van der Waals surface area contributed by atoms with Gasteiger partial charge in [0.1, 0.15) is 0 Å². The Hall–Kier alpha value is -0.460. The van der Waals surface area contributed by atoms with Crippen LogP contribution in [0.25, 0.3) is 0 Å². The molecule has 2 N–H and O–H groups in total. The summed E-state index contributed by atoms with van der Waals surface area (Å²) in [5.41, 5.74) is 0.675. The summed E-state index contributed by atoms with van der Waals surface area (Å²) in [6, 6.07) is 1.44. The van der Waals surface area contributed by atoms with E-state index in [1.165, 1.54) is 6.07 Å².